The van der Waals surface area contributed by atoms with Gasteiger partial charge >= 0.3 is 21.3 Å². The van der Waals surface area contributed by atoms with E-state index in [1.165, 1.54) is 18.2 Å². The number of alkyl halides is 2. The van der Waals surface area contributed by atoms with Gasteiger partial charge in [0.15, 0.2) is 15.9 Å². The van der Waals surface area contributed by atoms with E-state index >= 15 is 0 Å². The zero-order valence-electron chi connectivity index (χ0n) is 14.7. The van der Waals surface area contributed by atoms with Gasteiger partial charge in [-0.25, -0.2) is 13.2 Å². The summed E-state index contributed by atoms with van der Waals surface area (Å²) in [4.78, 5) is 10.6. The quantitative estimate of drug-likeness (QED) is 0.239. The SMILES string of the molecule is O=C(Oc1ccccc1S(=O)(=O)Oc1ccc2ccccc2c1)C(F)(F)S(=O)(=O)[O-]. The van der Waals surface area contributed by atoms with Crippen LogP contribution < -0.4 is 8.92 Å². The molecule has 0 saturated heterocycles. The van der Waals surface area contributed by atoms with Gasteiger partial charge in [-0.15, -0.1) is 0 Å². The molecule has 12 heteroatoms. The maximum absolute atomic E-state index is 13.4. The average Bonchev–Trinajstić information content (AvgIpc) is 2.67. The van der Waals surface area contributed by atoms with Crippen LogP contribution in [0, 0.1) is 0 Å². The number of para-hydroxylation sites is 1. The van der Waals surface area contributed by atoms with Crippen molar-refractivity contribution >= 4 is 37.0 Å². The molecule has 3 aromatic carbocycles. The van der Waals surface area contributed by atoms with Crippen molar-refractivity contribution in [1.29, 1.82) is 0 Å². The lowest BCUT2D eigenvalue weighted by Gasteiger charge is -2.18. The lowest BCUT2D eigenvalue weighted by molar-refractivity contribution is -0.151. The molecule has 0 spiro atoms. The summed E-state index contributed by atoms with van der Waals surface area (Å²) >= 11 is 0. The normalized spacial score (nSPS) is 12.5. The Bertz CT molecular complexity index is 1340. The molecule has 30 heavy (non-hydrogen) atoms. The number of carbonyl (C=O) groups is 1. The van der Waals surface area contributed by atoms with E-state index in [4.69, 9.17) is 4.18 Å². The van der Waals surface area contributed by atoms with Crippen molar-refractivity contribution in [1.82, 2.24) is 0 Å². The lowest BCUT2D eigenvalue weighted by atomic mass is 10.1. The summed E-state index contributed by atoms with van der Waals surface area (Å²) in [6, 6.07) is 15.4. The van der Waals surface area contributed by atoms with Crippen LogP contribution in [0.25, 0.3) is 10.8 Å². The van der Waals surface area contributed by atoms with Gasteiger partial charge in [-0.1, -0.05) is 42.5 Å². The van der Waals surface area contributed by atoms with Gasteiger partial charge in [-0.3, -0.25) is 0 Å². The Balaban J connectivity index is 1.94. The largest absolute Gasteiger partial charge is 0.743 e. The number of benzene rings is 3. The van der Waals surface area contributed by atoms with Crippen LogP contribution in [-0.2, 0) is 25.0 Å². The molecular formula is C18H11F2O8S2-. The van der Waals surface area contributed by atoms with Gasteiger partial charge in [0.05, 0.1) is 0 Å². The van der Waals surface area contributed by atoms with Crippen LogP contribution in [0.1, 0.15) is 0 Å². The third-order valence-electron chi connectivity index (χ3n) is 3.80. The Kier molecular flexibility index (Phi) is 5.50. The summed E-state index contributed by atoms with van der Waals surface area (Å²) in [7, 11) is -11.1. The highest BCUT2D eigenvalue weighted by Gasteiger charge is 2.49. The Morgan fingerprint density at radius 3 is 2.13 bits per heavy atom. The molecule has 0 aliphatic carbocycles. The minimum absolute atomic E-state index is 0.109. The zero-order chi connectivity index (χ0) is 22.2. The number of carbonyl (C=O) groups excluding carboxylic acids is 1. The van der Waals surface area contributed by atoms with Crippen LogP contribution in [0.4, 0.5) is 8.78 Å². The summed E-state index contributed by atoms with van der Waals surface area (Å²) in [6.45, 7) is 0. The monoisotopic (exact) mass is 457 g/mol. The summed E-state index contributed by atoms with van der Waals surface area (Å²) in [5.41, 5.74) is 0. The average molecular weight is 457 g/mol. The first-order valence-corrected chi connectivity index (χ1v) is 10.8. The van der Waals surface area contributed by atoms with Crippen LogP contribution in [0.5, 0.6) is 11.5 Å². The molecule has 158 valence electrons. The fourth-order valence-electron chi connectivity index (χ4n) is 2.39. The Morgan fingerprint density at radius 2 is 1.47 bits per heavy atom. The fraction of sp³-hybridized carbons (Fsp3) is 0.0556. The van der Waals surface area contributed by atoms with E-state index < -0.39 is 42.1 Å². The van der Waals surface area contributed by atoms with Crippen LogP contribution in [0.3, 0.4) is 0 Å². The number of hydrogen-bond acceptors (Lipinski definition) is 8. The van der Waals surface area contributed by atoms with Gasteiger partial charge in [0, 0.05) is 0 Å². The third kappa shape index (κ3) is 4.25. The van der Waals surface area contributed by atoms with Crippen LogP contribution in [-0.4, -0.2) is 32.6 Å². The lowest BCUT2D eigenvalue weighted by Crippen LogP contribution is -2.40. The molecule has 0 atom stereocenters. The number of rotatable bonds is 6. The molecule has 3 rings (SSSR count). The second kappa shape index (κ2) is 7.63. The van der Waals surface area contributed by atoms with Crippen molar-refractivity contribution in [2.24, 2.45) is 0 Å². The summed E-state index contributed by atoms with van der Waals surface area (Å²) in [5.74, 6) is -3.79. The first-order chi connectivity index (χ1) is 13.9. The van der Waals surface area contributed by atoms with Crippen molar-refractivity contribution < 1.29 is 43.9 Å². The van der Waals surface area contributed by atoms with Crippen molar-refractivity contribution in [2.45, 2.75) is 10.2 Å². The van der Waals surface area contributed by atoms with Gasteiger partial charge in [0.2, 0.25) is 0 Å². The zero-order valence-corrected chi connectivity index (χ0v) is 16.3. The molecule has 0 bridgehead atoms. The van der Waals surface area contributed by atoms with E-state index in [-0.39, 0.29) is 5.75 Å². The molecule has 0 N–H and O–H groups in total. The number of ether oxygens (including phenoxy) is 1. The second-order valence-corrected chi connectivity index (χ2v) is 8.79. The van der Waals surface area contributed by atoms with E-state index in [2.05, 4.69) is 4.74 Å². The molecule has 0 aliphatic rings. The van der Waals surface area contributed by atoms with Gasteiger partial charge in [0.25, 0.3) is 0 Å². The summed E-state index contributed by atoms with van der Waals surface area (Å²) in [6.07, 6.45) is 0. The molecule has 8 nitrogen and oxygen atoms in total. The topological polar surface area (TPSA) is 127 Å². The maximum Gasteiger partial charge on any atom is 0.429 e. The highest BCUT2D eigenvalue weighted by molar-refractivity contribution is 7.87. The standard InChI is InChI=1S/C18H12F2O8S2/c19-18(20,30(24,25)26)17(21)27-15-7-3-4-8-16(15)29(22,23)28-14-10-9-12-5-1-2-6-13(12)11-14/h1-11H,(H,24,25,26)/p-1. The molecule has 0 saturated carbocycles. The van der Waals surface area contributed by atoms with Crippen LogP contribution in [0.2, 0.25) is 0 Å². The Labute approximate surface area is 169 Å². The van der Waals surface area contributed by atoms with E-state index in [1.807, 2.05) is 0 Å². The van der Waals surface area contributed by atoms with Crippen molar-refractivity contribution in [3.63, 3.8) is 0 Å². The van der Waals surface area contributed by atoms with Gasteiger partial charge in [-0.05, 0) is 35.0 Å². The van der Waals surface area contributed by atoms with Crippen molar-refractivity contribution in [3.05, 3.63) is 66.7 Å². The highest BCUT2D eigenvalue weighted by Crippen LogP contribution is 2.31. The van der Waals surface area contributed by atoms with Gasteiger partial charge in [-0.2, -0.15) is 17.2 Å². The number of esters is 1. The maximum atomic E-state index is 13.4. The van der Waals surface area contributed by atoms with Crippen LogP contribution >= 0.6 is 0 Å². The molecule has 0 fully saturated rings. The molecule has 3 aromatic rings. The molecule has 0 aliphatic heterocycles. The summed E-state index contributed by atoms with van der Waals surface area (Å²) in [5, 5.41) is -3.95. The van der Waals surface area contributed by atoms with E-state index in [9.17, 15) is 35.0 Å². The molecule has 0 aromatic heterocycles. The summed E-state index contributed by atoms with van der Waals surface area (Å²) < 4.78 is 92.9. The van der Waals surface area contributed by atoms with Crippen molar-refractivity contribution in [2.75, 3.05) is 0 Å². The van der Waals surface area contributed by atoms with Gasteiger partial charge < -0.3 is 13.5 Å². The minimum Gasteiger partial charge on any atom is -0.743 e. The third-order valence-corrected chi connectivity index (χ3v) is 5.88. The molecule has 0 heterocycles. The van der Waals surface area contributed by atoms with Gasteiger partial charge in [0.1, 0.15) is 10.6 Å². The first kappa shape index (κ1) is 21.6. The van der Waals surface area contributed by atoms with Crippen molar-refractivity contribution in [3.8, 4) is 11.5 Å². The molecule has 0 radical (unpaired) electrons. The smallest absolute Gasteiger partial charge is 0.429 e. The fourth-order valence-corrected chi connectivity index (χ4v) is 3.69. The van der Waals surface area contributed by atoms with E-state index in [1.54, 1.807) is 30.3 Å². The number of fused-ring (bicyclic) bond motifs is 1. The first-order valence-electron chi connectivity index (χ1n) is 8.00. The molecular weight excluding hydrogens is 446 g/mol. The Hall–Kier alpha value is -3.09. The minimum atomic E-state index is -6.38. The Morgan fingerprint density at radius 1 is 0.867 bits per heavy atom. The highest BCUT2D eigenvalue weighted by atomic mass is 32.2. The predicted octanol–water partition coefficient (Wildman–Crippen LogP) is 2.65. The van der Waals surface area contributed by atoms with E-state index in [0.29, 0.717) is 5.39 Å². The van der Waals surface area contributed by atoms with Crippen LogP contribution in [0.15, 0.2) is 71.6 Å². The van der Waals surface area contributed by atoms with E-state index in [0.717, 1.165) is 23.6 Å². The predicted molar refractivity (Wildman–Crippen MR) is 98.5 cm³/mol. The molecule has 0 amide bonds. The number of hydrogen-bond donors (Lipinski definition) is 0. The number of halogens is 2. The molecule has 0 unspecified atom stereocenters. The second-order valence-electron chi connectivity index (χ2n) is 5.85.